The van der Waals surface area contributed by atoms with Crippen LogP contribution in [0.5, 0.6) is 0 Å². The van der Waals surface area contributed by atoms with Crippen LogP contribution in [0.4, 0.5) is 0 Å². The molecule has 2 rings (SSSR count). The largest absolute Gasteiger partial charge is 0.326 e. The summed E-state index contributed by atoms with van der Waals surface area (Å²) in [5.74, 6) is 0. The molecule has 1 aromatic heterocycles. The van der Waals surface area contributed by atoms with Gasteiger partial charge in [0.15, 0.2) is 0 Å². The third-order valence-corrected chi connectivity index (χ3v) is 5.78. The quantitative estimate of drug-likeness (QED) is 0.876. The molecule has 0 amide bonds. The number of piperidine rings is 1. The van der Waals surface area contributed by atoms with Crippen molar-refractivity contribution in [3.8, 4) is 0 Å². The minimum Gasteiger partial charge on any atom is -0.326 e. The number of halogens is 1. The Hall–Kier alpha value is 0.1000. The molecule has 0 aliphatic carbocycles. The van der Waals surface area contributed by atoms with Crippen LogP contribution in [0.15, 0.2) is 15.9 Å². The number of nitrogens with zero attached hydrogens (tertiary/aromatic N) is 1. The fourth-order valence-electron chi connectivity index (χ4n) is 3.08. The summed E-state index contributed by atoms with van der Waals surface area (Å²) in [6.07, 6.45) is 3.63. The Morgan fingerprint density at radius 1 is 1.47 bits per heavy atom. The van der Waals surface area contributed by atoms with E-state index >= 15 is 0 Å². The van der Waals surface area contributed by atoms with Crippen LogP contribution in [0.25, 0.3) is 0 Å². The molecule has 1 saturated heterocycles. The molecule has 0 bridgehead atoms. The number of nitrogens with two attached hydrogens (primary N) is 1. The van der Waals surface area contributed by atoms with Crippen LogP contribution in [0.1, 0.15) is 51.0 Å². The summed E-state index contributed by atoms with van der Waals surface area (Å²) in [5.41, 5.74) is 6.84. The van der Waals surface area contributed by atoms with Crippen molar-refractivity contribution in [2.24, 2.45) is 11.1 Å². The molecule has 2 N–H and O–H groups in total. The summed E-state index contributed by atoms with van der Waals surface area (Å²) in [7, 11) is 0. The predicted octanol–water partition coefficient (Wildman–Crippen LogP) is 4.41. The summed E-state index contributed by atoms with van der Waals surface area (Å²) >= 11 is 5.41. The third kappa shape index (κ3) is 3.81. The Bertz CT molecular complexity index is 416. The van der Waals surface area contributed by atoms with Gasteiger partial charge < -0.3 is 5.73 Å². The van der Waals surface area contributed by atoms with Gasteiger partial charge in [0.1, 0.15) is 0 Å². The minimum absolute atomic E-state index is 0.222. The van der Waals surface area contributed by atoms with Crippen LogP contribution in [0.3, 0.4) is 0 Å². The zero-order chi connectivity index (χ0) is 14.0. The first-order valence-electron chi connectivity index (χ1n) is 7.18. The fourth-order valence-corrected chi connectivity index (χ4v) is 4.71. The van der Waals surface area contributed by atoms with Crippen LogP contribution in [-0.2, 0) is 0 Å². The molecule has 108 valence electrons. The van der Waals surface area contributed by atoms with Crippen LogP contribution in [-0.4, -0.2) is 24.0 Å². The first kappa shape index (κ1) is 15.5. The maximum absolute atomic E-state index is 6.43. The van der Waals surface area contributed by atoms with Gasteiger partial charge in [-0.3, -0.25) is 4.90 Å². The fraction of sp³-hybridized carbons (Fsp3) is 0.733. The maximum atomic E-state index is 6.43. The van der Waals surface area contributed by atoms with Gasteiger partial charge in [-0.15, -0.1) is 11.3 Å². The Balaban J connectivity index is 2.22. The number of hydrogen-bond donors (Lipinski definition) is 1. The average molecular weight is 345 g/mol. The highest BCUT2D eigenvalue weighted by molar-refractivity contribution is 9.11. The normalized spacial score (nSPS) is 23.2. The molecule has 0 radical (unpaired) electrons. The Morgan fingerprint density at radius 3 is 2.74 bits per heavy atom. The highest BCUT2D eigenvalue weighted by Gasteiger charge is 2.34. The van der Waals surface area contributed by atoms with Gasteiger partial charge in [-0.2, -0.15) is 0 Å². The van der Waals surface area contributed by atoms with E-state index in [2.05, 4.69) is 53.7 Å². The molecular weight excluding hydrogens is 320 g/mol. The van der Waals surface area contributed by atoms with E-state index in [4.69, 9.17) is 5.73 Å². The Labute approximate surface area is 129 Å². The first-order chi connectivity index (χ1) is 8.93. The summed E-state index contributed by atoms with van der Waals surface area (Å²) in [4.78, 5) is 4.01. The average Bonchev–Trinajstić information content (AvgIpc) is 2.74. The smallest absolute Gasteiger partial charge is 0.0702 e. The lowest BCUT2D eigenvalue weighted by molar-refractivity contribution is 0.0672. The standard InChI is InChI=1S/C15H25BrN2S/c1-4-11(17)14(12-6-7-13(16)19-12)18-9-5-8-15(2,3)10-18/h6-7,11,14H,4-5,8-10,17H2,1-3H3. The van der Waals surface area contributed by atoms with Crippen molar-refractivity contribution >= 4 is 27.3 Å². The molecule has 2 heterocycles. The number of thiophene rings is 1. The van der Waals surface area contributed by atoms with Gasteiger partial charge in [0.25, 0.3) is 0 Å². The van der Waals surface area contributed by atoms with Gasteiger partial charge in [-0.05, 0) is 59.3 Å². The van der Waals surface area contributed by atoms with E-state index in [1.807, 2.05) is 11.3 Å². The molecule has 1 aromatic rings. The second kappa shape index (κ2) is 6.25. The van der Waals surface area contributed by atoms with E-state index < -0.39 is 0 Å². The molecular formula is C15H25BrN2S. The molecule has 1 aliphatic rings. The molecule has 0 spiro atoms. The van der Waals surface area contributed by atoms with Crippen LogP contribution >= 0.6 is 27.3 Å². The molecule has 19 heavy (non-hydrogen) atoms. The summed E-state index contributed by atoms with van der Waals surface area (Å²) in [5, 5.41) is 0. The number of rotatable bonds is 4. The van der Waals surface area contributed by atoms with Crippen molar-refractivity contribution in [2.75, 3.05) is 13.1 Å². The summed E-state index contributed by atoms with van der Waals surface area (Å²) in [6, 6.07) is 4.97. The summed E-state index contributed by atoms with van der Waals surface area (Å²) in [6.45, 7) is 9.27. The second-order valence-corrected chi connectivity index (χ2v) is 8.89. The highest BCUT2D eigenvalue weighted by Crippen LogP contribution is 2.38. The predicted molar refractivity (Wildman–Crippen MR) is 87.6 cm³/mol. The van der Waals surface area contributed by atoms with Crippen molar-refractivity contribution in [1.82, 2.24) is 4.90 Å². The van der Waals surface area contributed by atoms with E-state index in [1.165, 1.54) is 28.0 Å². The third-order valence-electron chi connectivity index (χ3n) is 4.09. The lowest BCUT2D eigenvalue weighted by Crippen LogP contribution is -2.47. The van der Waals surface area contributed by atoms with Gasteiger partial charge in [0, 0.05) is 17.5 Å². The van der Waals surface area contributed by atoms with Crippen LogP contribution in [0.2, 0.25) is 0 Å². The van der Waals surface area contributed by atoms with Crippen molar-refractivity contribution < 1.29 is 0 Å². The number of hydrogen-bond acceptors (Lipinski definition) is 3. The Kier molecular flexibility index (Phi) is 5.09. The first-order valence-corrected chi connectivity index (χ1v) is 8.79. The van der Waals surface area contributed by atoms with Crippen LogP contribution in [0, 0.1) is 5.41 Å². The lowest BCUT2D eigenvalue weighted by atomic mass is 9.83. The lowest BCUT2D eigenvalue weighted by Gasteiger charge is -2.43. The molecule has 0 aromatic carbocycles. The molecule has 2 atom stereocenters. The van der Waals surface area contributed by atoms with E-state index in [0.717, 1.165) is 13.0 Å². The van der Waals surface area contributed by atoms with Crippen LogP contribution < -0.4 is 5.73 Å². The highest BCUT2D eigenvalue weighted by atomic mass is 79.9. The zero-order valence-corrected chi connectivity index (χ0v) is 14.6. The maximum Gasteiger partial charge on any atom is 0.0702 e. The van der Waals surface area contributed by atoms with E-state index in [-0.39, 0.29) is 6.04 Å². The number of likely N-dealkylation sites (tertiary alicyclic amines) is 1. The molecule has 2 unspecified atom stereocenters. The molecule has 0 saturated carbocycles. The van der Waals surface area contributed by atoms with E-state index in [0.29, 0.717) is 11.5 Å². The molecule has 1 fully saturated rings. The van der Waals surface area contributed by atoms with Gasteiger partial charge in [0.2, 0.25) is 0 Å². The van der Waals surface area contributed by atoms with Crippen molar-refractivity contribution in [1.29, 1.82) is 0 Å². The molecule has 2 nitrogen and oxygen atoms in total. The Morgan fingerprint density at radius 2 is 2.21 bits per heavy atom. The zero-order valence-electron chi connectivity index (χ0n) is 12.2. The molecule has 1 aliphatic heterocycles. The monoisotopic (exact) mass is 344 g/mol. The van der Waals surface area contributed by atoms with Crippen molar-refractivity contribution in [3.63, 3.8) is 0 Å². The van der Waals surface area contributed by atoms with Gasteiger partial charge in [0.05, 0.1) is 9.83 Å². The van der Waals surface area contributed by atoms with E-state index in [1.54, 1.807) is 0 Å². The van der Waals surface area contributed by atoms with Gasteiger partial charge >= 0.3 is 0 Å². The van der Waals surface area contributed by atoms with Crippen molar-refractivity contribution in [3.05, 3.63) is 20.8 Å². The van der Waals surface area contributed by atoms with E-state index in [9.17, 15) is 0 Å². The van der Waals surface area contributed by atoms with Crippen molar-refractivity contribution in [2.45, 2.75) is 52.1 Å². The second-order valence-electron chi connectivity index (χ2n) is 6.40. The van der Waals surface area contributed by atoms with Gasteiger partial charge in [-0.1, -0.05) is 20.8 Å². The molecule has 4 heteroatoms. The minimum atomic E-state index is 0.222. The SMILES string of the molecule is CCC(N)C(c1ccc(Br)s1)N1CCCC(C)(C)C1. The van der Waals surface area contributed by atoms with Gasteiger partial charge in [-0.25, -0.2) is 0 Å². The topological polar surface area (TPSA) is 29.3 Å². The summed E-state index contributed by atoms with van der Waals surface area (Å²) < 4.78 is 1.20.